The van der Waals surface area contributed by atoms with Crippen LogP contribution in [0.4, 0.5) is 11.5 Å². The van der Waals surface area contributed by atoms with Crippen LogP contribution in [0, 0.1) is 0 Å². The Balaban J connectivity index is 1.82. The number of para-hydroxylation sites is 1. The van der Waals surface area contributed by atoms with Gasteiger partial charge in [0.2, 0.25) is 0 Å². The third-order valence-electron chi connectivity index (χ3n) is 3.81. The van der Waals surface area contributed by atoms with Crippen LogP contribution in [0.5, 0.6) is 0 Å². The molecule has 1 amide bonds. The molecule has 0 saturated heterocycles. The highest BCUT2D eigenvalue weighted by molar-refractivity contribution is 5.93. The molecule has 0 spiro atoms. The van der Waals surface area contributed by atoms with E-state index < -0.39 is 0 Å². The Bertz CT molecular complexity index is 717. The first kappa shape index (κ1) is 15.5. The minimum absolute atomic E-state index is 0.0167. The highest BCUT2D eigenvalue weighted by atomic mass is 16.2. The number of hydrogen-bond acceptors (Lipinski definition) is 4. The summed E-state index contributed by atoms with van der Waals surface area (Å²) in [6.45, 7) is 6.51. The van der Waals surface area contributed by atoms with E-state index in [-0.39, 0.29) is 11.3 Å². The molecule has 0 bridgehead atoms. The summed E-state index contributed by atoms with van der Waals surface area (Å²) in [5.74, 6) is 0.486. The van der Waals surface area contributed by atoms with Gasteiger partial charge in [-0.05, 0) is 29.9 Å². The van der Waals surface area contributed by atoms with Crippen molar-refractivity contribution in [3.8, 4) is 0 Å². The number of nitrogens with one attached hydrogen (secondary N) is 2. The van der Waals surface area contributed by atoms with Crippen LogP contribution in [-0.2, 0) is 5.41 Å². The number of aromatic nitrogens is 2. The van der Waals surface area contributed by atoms with E-state index in [1.807, 2.05) is 18.2 Å². The van der Waals surface area contributed by atoms with Crippen LogP contribution in [0.25, 0.3) is 0 Å². The molecule has 0 radical (unpaired) electrons. The molecule has 1 aromatic carbocycles. The summed E-state index contributed by atoms with van der Waals surface area (Å²) in [6, 6.07) is 10.1. The zero-order valence-corrected chi connectivity index (χ0v) is 13.8. The lowest BCUT2D eigenvalue weighted by Crippen LogP contribution is -2.26. The lowest BCUT2D eigenvalue weighted by Gasteiger charge is -2.23. The van der Waals surface area contributed by atoms with Gasteiger partial charge in [-0.25, -0.2) is 9.97 Å². The minimum atomic E-state index is -0.137. The molecule has 1 aromatic heterocycles. The summed E-state index contributed by atoms with van der Waals surface area (Å²) in [5.41, 5.74) is 2.60. The Labute approximate surface area is 136 Å². The van der Waals surface area contributed by atoms with Crippen molar-refractivity contribution in [1.82, 2.24) is 15.3 Å². The van der Waals surface area contributed by atoms with Gasteiger partial charge in [0.05, 0.1) is 0 Å². The summed E-state index contributed by atoms with van der Waals surface area (Å²) in [6.07, 6.45) is 3.53. The van der Waals surface area contributed by atoms with Crippen LogP contribution < -0.4 is 10.6 Å². The fraction of sp³-hybridized carbons (Fsp3) is 0.389. The molecule has 1 heterocycles. The van der Waals surface area contributed by atoms with Crippen molar-refractivity contribution in [3.05, 3.63) is 47.9 Å². The van der Waals surface area contributed by atoms with Gasteiger partial charge >= 0.3 is 0 Å². The Morgan fingerprint density at radius 1 is 1.17 bits per heavy atom. The Morgan fingerprint density at radius 3 is 2.61 bits per heavy atom. The van der Waals surface area contributed by atoms with Gasteiger partial charge in [0.25, 0.3) is 5.91 Å². The number of rotatable bonds is 4. The summed E-state index contributed by atoms with van der Waals surface area (Å²) >= 11 is 0. The molecular formula is C18H22N4O. The molecule has 1 saturated carbocycles. The SMILES string of the molecule is CC(C)(C)c1ccccc1Nc1cc(C(=O)NC2CC2)ncn1. The first-order chi connectivity index (χ1) is 10.9. The van der Waals surface area contributed by atoms with Crippen LogP contribution in [0.15, 0.2) is 36.7 Å². The Hall–Kier alpha value is -2.43. The van der Waals surface area contributed by atoms with E-state index in [2.05, 4.69) is 47.4 Å². The largest absolute Gasteiger partial charge is 0.348 e. The summed E-state index contributed by atoms with van der Waals surface area (Å²) < 4.78 is 0. The molecule has 1 aliphatic carbocycles. The van der Waals surface area contributed by atoms with Crippen molar-refractivity contribution >= 4 is 17.4 Å². The molecule has 2 aromatic rings. The van der Waals surface area contributed by atoms with Crippen molar-refractivity contribution in [2.75, 3.05) is 5.32 Å². The number of benzene rings is 1. The van der Waals surface area contributed by atoms with E-state index in [9.17, 15) is 4.79 Å². The smallest absolute Gasteiger partial charge is 0.270 e. The zero-order valence-electron chi connectivity index (χ0n) is 13.8. The van der Waals surface area contributed by atoms with Gasteiger partial charge in [0, 0.05) is 17.8 Å². The van der Waals surface area contributed by atoms with Crippen LogP contribution in [-0.4, -0.2) is 21.9 Å². The number of carbonyl (C=O) groups excluding carboxylic acids is 1. The van der Waals surface area contributed by atoms with E-state index in [1.165, 1.54) is 11.9 Å². The van der Waals surface area contributed by atoms with Gasteiger partial charge < -0.3 is 10.6 Å². The van der Waals surface area contributed by atoms with Crippen molar-refractivity contribution in [1.29, 1.82) is 0 Å². The molecule has 1 aliphatic rings. The van der Waals surface area contributed by atoms with E-state index in [4.69, 9.17) is 0 Å². The molecule has 3 rings (SSSR count). The maximum absolute atomic E-state index is 12.1. The van der Waals surface area contributed by atoms with Gasteiger partial charge in [0.15, 0.2) is 0 Å². The second kappa shape index (κ2) is 5.99. The normalized spacial score (nSPS) is 14.4. The second-order valence-electron chi connectivity index (χ2n) is 6.96. The molecule has 5 heteroatoms. The Kier molecular flexibility index (Phi) is 4.03. The predicted molar refractivity (Wildman–Crippen MR) is 90.9 cm³/mol. The van der Waals surface area contributed by atoms with Gasteiger partial charge in [-0.3, -0.25) is 4.79 Å². The molecule has 0 unspecified atom stereocenters. The fourth-order valence-corrected chi connectivity index (χ4v) is 2.42. The van der Waals surface area contributed by atoms with Crippen LogP contribution in [0.2, 0.25) is 0 Å². The molecular weight excluding hydrogens is 288 g/mol. The molecule has 1 fully saturated rings. The average Bonchev–Trinajstić information content (AvgIpc) is 3.31. The molecule has 120 valence electrons. The first-order valence-corrected chi connectivity index (χ1v) is 7.93. The molecule has 2 N–H and O–H groups in total. The maximum Gasteiger partial charge on any atom is 0.270 e. The topological polar surface area (TPSA) is 66.9 Å². The Morgan fingerprint density at radius 2 is 1.91 bits per heavy atom. The number of hydrogen-bond donors (Lipinski definition) is 2. The number of nitrogens with zero attached hydrogens (tertiary/aromatic N) is 2. The number of anilines is 2. The van der Waals surface area contributed by atoms with Crippen molar-refractivity contribution < 1.29 is 4.79 Å². The van der Waals surface area contributed by atoms with Crippen LogP contribution in [0.1, 0.15) is 49.7 Å². The summed E-state index contributed by atoms with van der Waals surface area (Å²) in [5, 5.41) is 6.25. The predicted octanol–water partition coefficient (Wildman–Crippen LogP) is 3.41. The van der Waals surface area contributed by atoms with Crippen LogP contribution in [0.3, 0.4) is 0 Å². The maximum atomic E-state index is 12.1. The molecule has 23 heavy (non-hydrogen) atoms. The lowest BCUT2D eigenvalue weighted by molar-refractivity contribution is 0.0946. The highest BCUT2D eigenvalue weighted by Crippen LogP contribution is 2.30. The average molecular weight is 310 g/mol. The van der Waals surface area contributed by atoms with E-state index >= 15 is 0 Å². The van der Waals surface area contributed by atoms with E-state index in [0.29, 0.717) is 17.6 Å². The zero-order chi connectivity index (χ0) is 16.4. The fourth-order valence-electron chi connectivity index (χ4n) is 2.42. The quantitative estimate of drug-likeness (QED) is 0.908. The standard InChI is InChI=1S/C18H22N4O/c1-18(2,3)13-6-4-5-7-14(13)22-16-10-15(19-11-20-16)17(23)21-12-8-9-12/h4-7,10-12H,8-9H2,1-3H3,(H,21,23)(H,19,20,22). The first-order valence-electron chi connectivity index (χ1n) is 7.93. The summed E-state index contributed by atoms with van der Waals surface area (Å²) in [7, 11) is 0. The third-order valence-corrected chi connectivity index (χ3v) is 3.81. The van der Waals surface area contributed by atoms with Gasteiger partial charge in [-0.1, -0.05) is 39.0 Å². The summed E-state index contributed by atoms with van der Waals surface area (Å²) in [4.78, 5) is 20.4. The number of carbonyl (C=O) groups is 1. The number of amides is 1. The van der Waals surface area contributed by atoms with Gasteiger partial charge in [-0.2, -0.15) is 0 Å². The van der Waals surface area contributed by atoms with Crippen molar-refractivity contribution in [2.45, 2.75) is 45.1 Å². The van der Waals surface area contributed by atoms with E-state index in [1.54, 1.807) is 6.07 Å². The van der Waals surface area contributed by atoms with Crippen LogP contribution >= 0.6 is 0 Å². The molecule has 5 nitrogen and oxygen atoms in total. The van der Waals surface area contributed by atoms with Gasteiger partial charge in [0.1, 0.15) is 17.8 Å². The highest BCUT2D eigenvalue weighted by Gasteiger charge is 2.24. The lowest BCUT2D eigenvalue weighted by atomic mass is 9.86. The third kappa shape index (κ3) is 3.86. The minimum Gasteiger partial charge on any atom is -0.348 e. The van der Waals surface area contributed by atoms with Crippen molar-refractivity contribution in [2.24, 2.45) is 0 Å². The molecule has 0 aliphatic heterocycles. The monoisotopic (exact) mass is 310 g/mol. The van der Waals surface area contributed by atoms with Crippen molar-refractivity contribution in [3.63, 3.8) is 0 Å². The van der Waals surface area contributed by atoms with E-state index in [0.717, 1.165) is 18.5 Å². The van der Waals surface area contributed by atoms with Gasteiger partial charge in [-0.15, -0.1) is 0 Å². The second-order valence-corrected chi connectivity index (χ2v) is 6.96. The molecule has 0 atom stereocenters.